The molecule has 0 saturated carbocycles. The number of ketones is 1. The van der Waals surface area contributed by atoms with E-state index in [1.165, 1.54) is 18.7 Å². The van der Waals surface area contributed by atoms with Crippen LogP contribution in [-0.4, -0.2) is 39.5 Å². The molecule has 7 heteroatoms. The Labute approximate surface area is 180 Å². The third kappa shape index (κ3) is 4.79. The number of anilines is 1. The lowest BCUT2D eigenvalue weighted by atomic mass is 10.1. The van der Waals surface area contributed by atoms with Crippen LogP contribution in [0.15, 0.2) is 47.5 Å². The maximum Gasteiger partial charge on any atom is 0.242 e. The molecule has 1 saturated heterocycles. The third-order valence-electron chi connectivity index (χ3n) is 5.06. The van der Waals surface area contributed by atoms with E-state index >= 15 is 0 Å². The average molecular weight is 424 g/mol. The first-order valence-corrected chi connectivity index (χ1v) is 10.7. The molecule has 2 aromatic rings. The summed E-state index contributed by atoms with van der Waals surface area (Å²) in [5, 5.41) is 2.94. The van der Waals surface area contributed by atoms with Gasteiger partial charge in [0.1, 0.15) is 5.25 Å². The first-order chi connectivity index (χ1) is 14.3. The van der Waals surface area contributed by atoms with Gasteiger partial charge in [-0.3, -0.25) is 19.3 Å². The van der Waals surface area contributed by atoms with E-state index in [-0.39, 0.29) is 24.0 Å². The Balaban J connectivity index is 1.75. The van der Waals surface area contributed by atoms with Gasteiger partial charge >= 0.3 is 0 Å². The summed E-state index contributed by atoms with van der Waals surface area (Å²) in [6.07, 6.45) is 0.0693. The van der Waals surface area contributed by atoms with Crippen LogP contribution in [0.5, 0.6) is 0 Å². The summed E-state index contributed by atoms with van der Waals surface area (Å²) in [5.41, 5.74) is 4.05. The second kappa shape index (κ2) is 9.26. The lowest BCUT2D eigenvalue weighted by Gasteiger charge is -2.14. The molecule has 1 heterocycles. The molecule has 2 aromatic carbocycles. The quantitative estimate of drug-likeness (QED) is 0.695. The Bertz CT molecular complexity index is 1030. The number of carbonyl (C=O) groups excluding carboxylic acids is 3. The van der Waals surface area contributed by atoms with E-state index < -0.39 is 5.25 Å². The maximum atomic E-state index is 12.8. The van der Waals surface area contributed by atoms with Gasteiger partial charge in [-0.25, -0.2) is 4.99 Å². The molecule has 156 valence electrons. The van der Waals surface area contributed by atoms with Crippen molar-refractivity contribution in [3.63, 3.8) is 0 Å². The summed E-state index contributed by atoms with van der Waals surface area (Å²) in [6, 6.07) is 12.7. The van der Waals surface area contributed by atoms with Gasteiger partial charge < -0.3 is 5.32 Å². The molecule has 0 aromatic heterocycles. The number of amides is 2. The zero-order chi connectivity index (χ0) is 21.8. The van der Waals surface area contributed by atoms with Crippen molar-refractivity contribution in [3.05, 3.63) is 59.2 Å². The summed E-state index contributed by atoms with van der Waals surface area (Å²) < 4.78 is 0. The van der Waals surface area contributed by atoms with E-state index in [1.807, 2.05) is 39.0 Å². The van der Waals surface area contributed by atoms with Gasteiger partial charge in [0, 0.05) is 24.2 Å². The zero-order valence-electron chi connectivity index (χ0n) is 17.6. The fourth-order valence-electron chi connectivity index (χ4n) is 3.18. The van der Waals surface area contributed by atoms with Gasteiger partial charge in [-0.1, -0.05) is 36.0 Å². The second-order valence-corrected chi connectivity index (χ2v) is 8.36. The van der Waals surface area contributed by atoms with Gasteiger partial charge in [0.2, 0.25) is 11.8 Å². The minimum Gasteiger partial charge on any atom is -0.326 e. The summed E-state index contributed by atoms with van der Waals surface area (Å²) >= 11 is 1.29. The maximum absolute atomic E-state index is 12.8. The highest BCUT2D eigenvalue weighted by Crippen LogP contribution is 2.32. The van der Waals surface area contributed by atoms with Gasteiger partial charge in [0.25, 0.3) is 0 Å². The van der Waals surface area contributed by atoms with Crippen molar-refractivity contribution in [2.45, 2.75) is 39.4 Å². The third-order valence-corrected chi connectivity index (χ3v) is 6.24. The van der Waals surface area contributed by atoms with Crippen LogP contribution in [-0.2, 0) is 9.59 Å². The van der Waals surface area contributed by atoms with E-state index in [1.54, 1.807) is 29.2 Å². The molecule has 1 N–H and O–H groups in total. The van der Waals surface area contributed by atoms with Gasteiger partial charge in [0.15, 0.2) is 11.0 Å². The zero-order valence-corrected chi connectivity index (χ0v) is 18.4. The van der Waals surface area contributed by atoms with Crippen LogP contribution in [0.3, 0.4) is 0 Å². The summed E-state index contributed by atoms with van der Waals surface area (Å²) in [6.45, 7) is 7.79. The first-order valence-electron chi connectivity index (χ1n) is 9.84. The van der Waals surface area contributed by atoms with Crippen LogP contribution in [0, 0.1) is 13.8 Å². The molecule has 1 aliphatic heterocycles. The molecule has 0 unspecified atom stereocenters. The number of aliphatic imine (C=N–C) groups is 1. The van der Waals surface area contributed by atoms with Crippen LogP contribution in [0.2, 0.25) is 0 Å². The van der Waals surface area contributed by atoms with Crippen molar-refractivity contribution in [2.75, 3.05) is 11.9 Å². The SMILES string of the molecule is CCN1C(=O)[C@H](CC(=O)Nc2cccc(C)c2C)SC1=Nc1cccc(C(C)=O)c1. The van der Waals surface area contributed by atoms with E-state index in [0.29, 0.717) is 23.0 Å². The van der Waals surface area contributed by atoms with E-state index in [4.69, 9.17) is 0 Å². The molecule has 0 bridgehead atoms. The molecule has 0 radical (unpaired) electrons. The van der Waals surface area contributed by atoms with Gasteiger partial charge in [-0.05, 0) is 57.0 Å². The van der Waals surface area contributed by atoms with E-state index in [0.717, 1.165) is 16.8 Å². The topological polar surface area (TPSA) is 78.8 Å². The molecule has 3 rings (SSSR count). The number of thioether (sulfide) groups is 1. The highest BCUT2D eigenvalue weighted by atomic mass is 32.2. The van der Waals surface area contributed by atoms with Crippen LogP contribution in [0.25, 0.3) is 0 Å². The number of carbonyl (C=O) groups is 3. The molecule has 0 aliphatic carbocycles. The monoisotopic (exact) mass is 423 g/mol. The van der Waals surface area contributed by atoms with Crippen molar-refractivity contribution < 1.29 is 14.4 Å². The molecule has 1 fully saturated rings. The van der Waals surface area contributed by atoms with Crippen molar-refractivity contribution in [1.82, 2.24) is 4.90 Å². The van der Waals surface area contributed by atoms with Crippen LogP contribution >= 0.6 is 11.8 Å². The number of nitrogens with zero attached hydrogens (tertiary/aromatic N) is 2. The van der Waals surface area contributed by atoms with E-state index in [9.17, 15) is 14.4 Å². The minimum absolute atomic E-state index is 0.0412. The van der Waals surface area contributed by atoms with E-state index in [2.05, 4.69) is 10.3 Å². The fourth-order valence-corrected chi connectivity index (χ4v) is 4.40. The van der Waals surface area contributed by atoms with Crippen molar-refractivity contribution in [3.8, 4) is 0 Å². The lowest BCUT2D eigenvalue weighted by Crippen LogP contribution is -2.33. The number of hydrogen-bond donors (Lipinski definition) is 1. The molecule has 1 atom stereocenters. The Morgan fingerprint density at radius 3 is 2.60 bits per heavy atom. The fraction of sp³-hybridized carbons (Fsp3) is 0.304. The number of hydrogen-bond acceptors (Lipinski definition) is 5. The number of benzene rings is 2. The Hall–Kier alpha value is -2.93. The molecular weight excluding hydrogens is 398 g/mol. The normalized spacial score (nSPS) is 17.5. The minimum atomic E-state index is -0.523. The van der Waals surface area contributed by atoms with Crippen LogP contribution in [0.4, 0.5) is 11.4 Å². The summed E-state index contributed by atoms with van der Waals surface area (Å²) in [4.78, 5) is 43.2. The second-order valence-electron chi connectivity index (χ2n) is 7.19. The largest absolute Gasteiger partial charge is 0.326 e. The number of amidine groups is 1. The summed E-state index contributed by atoms with van der Waals surface area (Å²) in [5.74, 6) is -0.369. The molecular formula is C23H25N3O3S. The number of nitrogens with one attached hydrogen (secondary N) is 1. The van der Waals surface area contributed by atoms with Crippen molar-refractivity contribution in [1.29, 1.82) is 0 Å². The predicted octanol–water partition coefficient (Wildman–Crippen LogP) is 4.49. The molecule has 0 spiro atoms. The Morgan fingerprint density at radius 2 is 1.90 bits per heavy atom. The van der Waals surface area contributed by atoms with Gasteiger partial charge in [-0.2, -0.15) is 0 Å². The first kappa shape index (κ1) is 21.8. The van der Waals surface area contributed by atoms with Crippen molar-refractivity contribution >= 4 is 45.9 Å². The van der Waals surface area contributed by atoms with Crippen LogP contribution in [0.1, 0.15) is 41.8 Å². The summed E-state index contributed by atoms with van der Waals surface area (Å²) in [7, 11) is 0. The molecule has 30 heavy (non-hydrogen) atoms. The highest BCUT2D eigenvalue weighted by Gasteiger charge is 2.38. The number of Topliss-reactive ketones (excluding diaryl/α,β-unsaturated/α-hetero) is 1. The Kier molecular flexibility index (Phi) is 6.72. The smallest absolute Gasteiger partial charge is 0.242 e. The predicted molar refractivity (Wildman–Crippen MR) is 121 cm³/mol. The lowest BCUT2D eigenvalue weighted by molar-refractivity contribution is -0.128. The molecule has 1 aliphatic rings. The molecule has 6 nitrogen and oxygen atoms in total. The Morgan fingerprint density at radius 1 is 1.17 bits per heavy atom. The number of aryl methyl sites for hydroxylation is 1. The molecule has 2 amide bonds. The highest BCUT2D eigenvalue weighted by molar-refractivity contribution is 8.15. The van der Waals surface area contributed by atoms with Gasteiger partial charge in [-0.15, -0.1) is 0 Å². The average Bonchev–Trinajstić information content (AvgIpc) is 2.99. The van der Waals surface area contributed by atoms with Crippen molar-refractivity contribution in [2.24, 2.45) is 4.99 Å². The standard InChI is InChI=1S/C23H25N3O3S/c1-5-26-22(29)20(13-21(28)25-19-11-6-8-14(2)15(19)3)30-23(26)24-18-10-7-9-17(12-18)16(4)27/h6-12,20H,5,13H2,1-4H3,(H,25,28)/t20-/m0/s1. The van der Waals surface area contributed by atoms with Gasteiger partial charge in [0.05, 0.1) is 5.69 Å². The van der Waals surface area contributed by atoms with Crippen LogP contribution < -0.4 is 5.32 Å². The number of rotatable bonds is 6.